The van der Waals surface area contributed by atoms with Crippen molar-refractivity contribution in [3.8, 4) is 10.4 Å². The van der Waals surface area contributed by atoms with Crippen LogP contribution in [-0.4, -0.2) is 39.4 Å². The molecule has 1 aromatic carbocycles. The smallest absolute Gasteiger partial charge is 0.206 e. The fourth-order valence-electron chi connectivity index (χ4n) is 3.39. The van der Waals surface area contributed by atoms with E-state index < -0.39 is 0 Å². The molecule has 4 aromatic rings. The molecule has 1 aliphatic rings. The van der Waals surface area contributed by atoms with Gasteiger partial charge in [-0.1, -0.05) is 41.7 Å². The lowest BCUT2D eigenvalue weighted by atomic mass is 10.1. The highest BCUT2D eigenvalue weighted by atomic mass is 32.2. The predicted octanol–water partition coefficient (Wildman–Crippen LogP) is 5.26. The Morgan fingerprint density at radius 3 is 2.90 bits per heavy atom. The molecule has 0 spiro atoms. The summed E-state index contributed by atoms with van der Waals surface area (Å²) in [6.45, 7) is 3.78. The van der Waals surface area contributed by atoms with Crippen LogP contribution in [0, 0.1) is 6.92 Å². The summed E-state index contributed by atoms with van der Waals surface area (Å²) in [5.41, 5.74) is 2.42. The van der Waals surface area contributed by atoms with Crippen LogP contribution in [0.2, 0.25) is 0 Å². The molecule has 6 nitrogen and oxygen atoms in total. The van der Waals surface area contributed by atoms with Gasteiger partial charge in [-0.05, 0) is 42.7 Å². The number of hydrogen-bond donors (Lipinski definition) is 1. The van der Waals surface area contributed by atoms with E-state index in [2.05, 4.69) is 56.7 Å². The van der Waals surface area contributed by atoms with Crippen LogP contribution in [0.1, 0.15) is 18.4 Å². The number of anilines is 1. The van der Waals surface area contributed by atoms with Crippen molar-refractivity contribution < 1.29 is 4.74 Å². The molecule has 1 N–H and O–H groups in total. The van der Waals surface area contributed by atoms with E-state index in [0.29, 0.717) is 0 Å². The van der Waals surface area contributed by atoms with Crippen molar-refractivity contribution in [2.24, 2.45) is 0 Å². The fourth-order valence-corrected chi connectivity index (χ4v) is 6.44. The van der Waals surface area contributed by atoms with Gasteiger partial charge in [0.1, 0.15) is 16.2 Å². The number of hydrogen-bond acceptors (Lipinski definition) is 9. The summed E-state index contributed by atoms with van der Waals surface area (Å²) in [7, 11) is 0. The fraction of sp³-hybridized carbons (Fsp3) is 0.300. The predicted molar refractivity (Wildman–Crippen MR) is 119 cm³/mol. The summed E-state index contributed by atoms with van der Waals surface area (Å²) in [6, 6.07) is 10.4. The number of nitrogens with zero attached hydrogens (tertiary/aromatic N) is 4. The molecule has 0 amide bonds. The van der Waals surface area contributed by atoms with E-state index >= 15 is 0 Å². The van der Waals surface area contributed by atoms with Gasteiger partial charge in [-0.25, -0.2) is 9.97 Å². The maximum absolute atomic E-state index is 5.65. The zero-order valence-electron chi connectivity index (χ0n) is 15.8. The monoisotopic (exact) mass is 441 g/mol. The van der Waals surface area contributed by atoms with Crippen molar-refractivity contribution >= 4 is 49.8 Å². The van der Waals surface area contributed by atoms with Gasteiger partial charge in [0.05, 0.1) is 6.10 Å². The van der Waals surface area contributed by atoms with Crippen LogP contribution in [0.25, 0.3) is 20.7 Å². The van der Waals surface area contributed by atoms with Gasteiger partial charge in [0.25, 0.3) is 0 Å². The number of fused-ring (bicyclic) bond motifs is 1. The second-order valence-corrected chi connectivity index (χ2v) is 9.98. The highest BCUT2D eigenvalue weighted by Gasteiger charge is 2.19. The van der Waals surface area contributed by atoms with E-state index in [9.17, 15) is 0 Å². The Morgan fingerprint density at radius 2 is 2.07 bits per heavy atom. The van der Waals surface area contributed by atoms with E-state index in [4.69, 9.17) is 4.74 Å². The van der Waals surface area contributed by atoms with E-state index in [1.165, 1.54) is 16.0 Å². The maximum Gasteiger partial charge on any atom is 0.206 e. The molecular formula is C20H19N5OS3. The topological polar surface area (TPSA) is 72.8 Å². The summed E-state index contributed by atoms with van der Waals surface area (Å²) >= 11 is 4.80. The Labute approximate surface area is 180 Å². The quantitative estimate of drug-likeness (QED) is 0.409. The number of nitrogens with one attached hydrogen (secondary N) is 1. The standard InChI is InChI=1S/C20H19N5OS3/c1-12-15-17(27-16(12)13-6-3-2-4-7-13)22-11-23-18(15)28-20-25-24-19(29-20)21-10-14-8-5-9-26-14/h2-4,6-7,11,14H,5,8-10H2,1H3,(H,21,24)/t14-/m1/s1. The highest BCUT2D eigenvalue weighted by molar-refractivity contribution is 8.01. The first-order valence-corrected chi connectivity index (χ1v) is 11.9. The minimum Gasteiger partial charge on any atom is -0.376 e. The molecule has 0 aliphatic carbocycles. The van der Waals surface area contributed by atoms with Crippen LogP contribution in [-0.2, 0) is 4.74 Å². The Balaban J connectivity index is 1.39. The Bertz CT molecular complexity index is 1120. The van der Waals surface area contributed by atoms with Gasteiger partial charge in [-0.3, -0.25) is 0 Å². The Kier molecular flexibility index (Phi) is 5.45. The summed E-state index contributed by atoms with van der Waals surface area (Å²) in [6.07, 6.45) is 4.15. The van der Waals surface area contributed by atoms with Crippen molar-refractivity contribution in [1.29, 1.82) is 0 Å². The molecule has 0 bridgehead atoms. The molecule has 1 aliphatic heterocycles. The molecule has 148 valence electrons. The summed E-state index contributed by atoms with van der Waals surface area (Å²) < 4.78 is 6.52. The van der Waals surface area contributed by atoms with Crippen LogP contribution < -0.4 is 5.32 Å². The van der Waals surface area contributed by atoms with Crippen molar-refractivity contribution in [1.82, 2.24) is 20.2 Å². The van der Waals surface area contributed by atoms with Crippen LogP contribution in [0.4, 0.5) is 5.13 Å². The minimum absolute atomic E-state index is 0.279. The molecule has 5 rings (SSSR count). The van der Waals surface area contributed by atoms with Crippen LogP contribution in [0.15, 0.2) is 46.0 Å². The third-order valence-corrected chi connectivity index (χ3v) is 8.01. The second kappa shape index (κ2) is 8.35. The van der Waals surface area contributed by atoms with Gasteiger partial charge >= 0.3 is 0 Å². The maximum atomic E-state index is 5.65. The number of ether oxygens (including phenoxy) is 1. The first-order chi connectivity index (χ1) is 14.3. The third kappa shape index (κ3) is 4.00. The Hall–Kier alpha value is -2.07. The molecule has 4 heterocycles. The molecular weight excluding hydrogens is 422 g/mol. The molecule has 0 radical (unpaired) electrons. The van der Waals surface area contributed by atoms with Gasteiger partial charge < -0.3 is 10.1 Å². The van der Waals surface area contributed by atoms with Crippen molar-refractivity contribution in [3.05, 3.63) is 42.2 Å². The number of aromatic nitrogens is 4. The van der Waals surface area contributed by atoms with Crippen LogP contribution in [0.5, 0.6) is 0 Å². The first-order valence-electron chi connectivity index (χ1n) is 9.44. The largest absolute Gasteiger partial charge is 0.376 e. The zero-order chi connectivity index (χ0) is 19.6. The molecule has 29 heavy (non-hydrogen) atoms. The summed E-state index contributed by atoms with van der Waals surface area (Å²) in [5, 5.41) is 14.8. The number of benzene rings is 1. The van der Waals surface area contributed by atoms with Crippen LogP contribution >= 0.6 is 34.4 Å². The molecule has 1 fully saturated rings. The van der Waals surface area contributed by atoms with Gasteiger partial charge in [0, 0.05) is 23.4 Å². The van der Waals surface area contributed by atoms with E-state index in [0.717, 1.165) is 50.7 Å². The van der Waals surface area contributed by atoms with E-state index in [1.807, 2.05) is 6.07 Å². The number of rotatable bonds is 6. The zero-order valence-corrected chi connectivity index (χ0v) is 18.2. The molecule has 9 heteroatoms. The van der Waals surface area contributed by atoms with Crippen LogP contribution in [0.3, 0.4) is 0 Å². The van der Waals surface area contributed by atoms with Gasteiger partial charge in [-0.15, -0.1) is 21.5 Å². The van der Waals surface area contributed by atoms with Gasteiger partial charge in [-0.2, -0.15) is 0 Å². The molecule has 1 atom stereocenters. The lowest BCUT2D eigenvalue weighted by molar-refractivity contribution is 0.120. The average molecular weight is 442 g/mol. The lowest BCUT2D eigenvalue weighted by Crippen LogP contribution is -2.18. The van der Waals surface area contributed by atoms with Gasteiger partial charge in [0.2, 0.25) is 5.13 Å². The second-order valence-electron chi connectivity index (χ2n) is 6.77. The first kappa shape index (κ1) is 18.9. The third-order valence-electron chi connectivity index (χ3n) is 4.82. The Morgan fingerprint density at radius 1 is 1.17 bits per heavy atom. The van der Waals surface area contributed by atoms with E-state index in [-0.39, 0.29) is 6.10 Å². The number of thiophene rings is 1. The normalized spacial score (nSPS) is 16.5. The SMILES string of the molecule is Cc1c(-c2ccccc2)sc2ncnc(Sc3nnc(NC[C@H]4CCCO4)s3)c12. The highest BCUT2D eigenvalue weighted by Crippen LogP contribution is 2.42. The molecule has 1 saturated heterocycles. The minimum atomic E-state index is 0.279. The molecule has 3 aromatic heterocycles. The molecule has 0 unspecified atom stereocenters. The van der Waals surface area contributed by atoms with Crippen molar-refractivity contribution in [2.45, 2.75) is 35.2 Å². The number of aryl methyl sites for hydroxylation is 1. The summed E-state index contributed by atoms with van der Waals surface area (Å²) in [5.74, 6) is 0. The lowest BCUT2D eigenvalue weighted by Gasteiger charge is -2.08. The van der Waals surface area contributed by atoms with Gasteiger partial charge in [0.15, 0.2) is 4.34 Å². The molecule has 0 saturated carbocycles. The van der Waals surface area contributed by atoms with Crippen molar-refractivity contribution in [3.63, 3.8) is 0 Å². The van der Waals surface area contributed by atoms with Crippen molar-refractivity contribution in [2.75, 3.05) is 18.5 Å². The average Bonchev–Trinajstić information content (AvgIpc) is 3.48. The van der Waals surface area contributed by atoms with E-state index in [1.54, 1.807) is 40.8 Å². The summed E-state index contributed by atoms with van der Waals surface area (Å²) in [4.78, 5) is 11.3.